The molecule has 3 rings (SSSR count). The predicted molar refractivity (Wildman–Crippen MR) is 93.0 cm³/mol. The fourth-order valence-corrected chi connectivity index (χ4v) is 3.72. The van der Waals surface area contributed by atoms with Crippen LogP contribution in [-0.4, -0.2) is 63.8 Å². The number of hydrogen-bond acceptors (Lipinski definition) is 7. The lowest BCUT2D eigenvalue weighted by Crippen LogP contribution is -2.48. The number of carbonyl (C=O) groups is 1. The summed E-state index contributed by atoms with van der Waals surface area (Å²) >= 11 is 6.93. The van der Waals surface area contributed by atoms with Gasteiger partial charge in [0.1, 0.15) is 10.6 Å². The summed E-state index contributed by atoms with van der Waals surface area (Å²) in [5.74, 6) is 2.16. The lowest BCUT2D eigenvalue weighted by molar-refractivity contribution is -0.118. The Morgan fingerprint density at radius 3 is 2.71 bits per heavy atom. The highest BCUT2D eigenvalue weighted by Gasteiger charge is 2.24. The van der Waals surface area contributed by atoms with Crippen molar-refractivity contribution in [1.82, 2.24) is 19.4 Å². The van der Waals surface area contributed by atoms with Crippen LogP contribution >= 0.6 is 22.9 Å². The molecule has 0 unspecified atom stereocenters. The van der Waals surface area contributed by atoms with Crippen LogP contribution in [0.2, 0.25) is 5.02 Å². The molecule has 0 spiro atoms. The van der Waals surface area contributed by atoms with Gasteiger partial charge in [-0.05, 0) is 13.0 Å². The van der Waals surface area contributed by atoms with E-state index in [0.29, 0.717) is 48.1 Å². The maximum atomic E-state index is 12.3. The van der Waals surface area contributed by atoms with Crippen molar-refractivity contribution in [3.8, 4) is 0 Å². The standard InChI is InChI=1S/C15H15ClN4O3S/c1-10(22)8-18-2-4-19(5-3-18)13(9-21)20-12-6-11(16)7-17-14(12)24-15(20)23/h6-7H,2-5,8H2,1H3. The van der Waals surface area contributed by atoms with E-state index in [1.165, 1.54) is 10.8 Å². The van der Waals surface area contributed by atoms with Crippen LogP contribution in [0.1, 0.15) is 6.92 Å². The van der Waals surface area contributed by atoms with Gasteiger partial charge in [0, 0.05) is 32.4 Å². The molecule has 3 heterocycles. The van der Waals surface area contributed by atoms with E-state index in [4.69, 9.17) is 11.6 Å². The van der Waals surface area contributed by atoms with Crippen LogP contribution in [0.5, 0.6) is 0 Å². The van der Waals surface area contributed by atoms with Gasteiger partial charge in [0.25, 0.3) is 0 Å². The van der Waals surface area contributed by atoms with E-state index in [1.54, 1.807) is 17.9 Å². The summed E-state index contributed by atoms with van der Waals surface area (Å²) in [5.41, 5.74) is 0.502. The van der Waals surface area contributed by atoms with E-state index in [-0.39, 0.29) is 16.5 Å². The number of nitrogens with zero attached hydrogens (tertiary/aromatic N) is 4. The molecule has 2 aromatic heterocycles. The van der Waals surface area contributed by atoms with Gasteiger partial charge in [0.05, 0.1) is 17.1 Å². The highest BCUT2D eigenvalue weighted by atomic mass is 35.5. The summed E-state index contributed by atoms with van der Waals surface area (Å²) in [7, 11) is 0. The number of pyridine rings is 1. The number of fused-ring (bicyclic) bond motifs is 1. The summed E-state index contributed by atoms with van der Waals surface area (Å²) in [4.78, 5) is 43.3. The van der Waals surface area contributed by atoms with Crippen LogP contribution in [0.4, 0.5) is 0 Å². The second kappa shape index (κ2) is 6.86. The first-order valence-corrected chi connectivity index (χ1v) is 8.58. The summed E-state index contributed by atoms with van der Waals surface area (Å²) in [6.45, 7) is 4.30. The molecule has 0 saturated carbocycles. The van der Waals surface area contributed by atoms with E-state index in [2.05, 4.69) is 4.98 Å². The number of halogens is 1. The van der Waals surface area contributed by atoms with Gasteiger partial charge in [0.2, 0.25) is 5.82 Å². The zero-order valence-electron chi connectivity index (χ0n) is 13.0. The fraction of sp³-hybridized carbons (Fsp3) is 0.400. The van der Waals surface area contributed by atoms with Crippen molar-refractivity contribution >= 4 is 50.8 Å². The molecule has 24 heavy (non-hydrogen) atoms. The van der Waals surface area contributed by atoms with Gasteiger partial charge in [-0.1, -0.05) is 22.9 Å². The van der Waals surface area contributed by atoms with Gasteiger partial charge in [0.15, 0.2) is 5.94 Å². The van der Waals surface area contributed by atoms with Crippen molar-refractivity contribution in [3.05, 3.63) is 27.0 Å². The Bertz CT molecular complexity index is 892. The Labute approximate surface area is 146 Å². The first-order chi connectivity index (χ1) is 11.5. The normalized spacial score (nSPS) is 15.5. The highest BCUT2D eigenvalue weighted by molar-refractivity contribution is 7.16. The molecular formula is C15H15ClN4O3S. The van der Waals surface area contributed by atoms with E-state index in [1.807, 2.05) is 10.8 Å². The third-order valence-corrected chi connectivity index (χ3v) is 4.90. The van der Waals surface area contributed by atoms with Gasteiger partial charge >= 0.3 is 4.87 Å². The average Bonchev–Trinajstić information content (AvgIpc) is 2.85. The molecule has 0 N–H and O–H groups in total. The van der Waals surface area contributed by atoms with E-state index < -0.39 is 0 Å². The van der Waals surface area contributed by atoms with Crippen LogP contribution < -0.4 is 4.87 Å². The minimum Gasteiger partial charge on any atom is -0.346 e. The third kappa shape index (κ3) is 3.27. The Kier molecular flexibility index (Phi) is 4.82. The summed E-state index contributed by atoms with van der Waals surface area (Å²) in [5, 5.41) is 0.394. The molecule has 0 radical (unpaired) electrons. The van der Waals surface area contributed by atoms with Gasteiger partial charge in [-0.3, -0.25) is 14.5 Å². The monoisotopic (exact) mass is 366 g/mol. The van der Waals surface area contributed by atoms with Crippen molar-refractivity contribution in [2.24, 2.45) is 0 Å². The number of thiazole rings is 1. The quantitative estimate of drug-likeness (QED) is 0.750. The number of Topliss-reactive ketones (excluding diaryl/α,β-unsaturated/α-hetero) is 1. The minimum absolute atomic E-state index is 0.107. The number of carbonyl (C=O) groups excluding carboxylic acids is 2. The SMILES string of the molecule is CC(=O)CN1CCN(C(=C=O)n2c(=O)sc3ncc(Cl)cc32)CC1. The van der Waals surface area contributed by atoms with E-state index in [0.717, 1.165) is 11.3 Å². The Morgan fingerprint density at radius 2 is 2.08 bits per heavy atom. The molecule has 0 aromatic carbocycles. The average molecular weight is 367 g/mol. The molecular weight excluding hydrogens is 352 g/mol. The summed E-state index contributed by atoms with van der Waals surface area (Å²) < 4.78 is 1.31. The number of aromatic nitrogens is 2. The van der Waals surface area contributed by atoms with Crippen molar-refractivity contribution in [2.75, 3.05) is 32.7 Å². The molecule has 7 nitrogen and oxygen atoms in total. The Hall–Kier alpha value is -1.99. The zero-order chi connectivity index (χ0) is 17.3. The molecule has 126 valence electrons. The topological polar surface area (TPSA) is 75.5 Å². The first kappa shape index (κ1) is 16.9. The second-order valence-corrected chi connectivity index (χ2v) is 6.95. The van der Waals surface area contributed by atoms with Crippen LogP contribution in [0, 0.1) is 0 Å². The van der Waals surface area contributed by atoms with Crippen molar-refractivity contribution < 1.29 is 9.59 Å². The summed E-state index contributed by atoms with van der Waals surface area (Å²) in [6, 6.07) is 1.62. The largest absolute Gasteiger partial charge is 0.346 e. The maximum Gasteiger partial charge on any atom is 0.315 e. The minimum atomic E-state index is -0.302. The maximum absolute atomic E-state index is 12.3. The van der Waals surface area contributed by atoms with Crippen LogP contribution in [-0.2, 0) is 9.59 Å². The Balaban J connectivity index is 1.90. The molecule has 9 heteroatoms. The number of rotatable bonds is 4. The molecule has 1 aliphatic rings. The highest BCUT2D eigenvalue weighted by Crippen LogP contribution is 2.22. The van der Waals surface area contributed by atoms with Gasteiger partial charge in [-0.2, -0.15) is 0 Å². The van der Waals surface area contributed by atoms with Crippen molar-refractivity contribution in [2.45, 2.75) is 6.92 Å². The molecule has 0 amide bonds. The van der Waals surface area contributed by atoms with Crippen molar-refractivity contribution in [1.29, 1.82) is 0 Å². The first-order valence-electron chi connectivity index (χ1n) is 7.39. The second-order valence-electron chi connectivity index (χ2n) is 5.57. The molecule has 1 fully saturated rings. The molecule has 0 atom stereocenters. The lowest BCUT2D eigenvalue weighted by Gasteiger charge is -2.35. The molecule has 1 aliphatic heterocycles. The molecule has 2 aromatic rings. The van der Waals surface area contributed by atoms with Crippen LogP contribution in [0.3, 0.4) is 0 Å². The fourth-order valence-electron chi connectivity index (χ4n) is 2.77. The van der Waals surface area contributed by atoms with E-state index >= 15 is 0 Å². The molecule has 0 bridgehead atoms. The van der Waals surface area contributed by atoms with E-state index in [9.17, 15) is 14.4 Å². The number of hydrogen-bond donors (Lipinski definition) is 0. The lowest BCUT2D eigenvalue weighted by atomic mass is 10.3. The van der Waals surface area contributed by atoms with Gasteiger partial charge in [-0.25, -0.2) is 14.3 Å². The Morgan fingerprint density at radius 1 is 1.38 bits per heavy atom. The zero-order valence-corrected chi connectivity index (χ0v) is 14.6. The number of piperazine rings is 1. The van der Waals surface area contributed by atoms with Gasteiger partial charge in [-0.15, -0.1) is 0 Å². The summed E-state index contributed by atoms with van der Waals surface area (Å²) in [6.07, 6.45) is 1.47. The van der Waals surface area contributed by atoms with Crippen LogP contribution in [0.15, 0.2) is 17.1 Å². The smallest absolute Gasteiger partial charge is 0.315 e. The van der Waals surface area contributed by atoms with Gasteiger partial charge < -0.3 is 4.90 Å². The molecule has 0 aliphatic carbocycles. The number of ketones is 1. The third-order valence-electron chi connectivity index (χ3n) is 3.83. The van der Waals surface area contributed by atoms with Crippen LogP contribution in [0.25, 0.3) is 16.2 Å². The van der Waals surface area contributed by atoms with Crippen molar-refractivity contribution in [3.63, 3.8) is 0 Å². The predicted octanol–water partition coefficient (Wildman–Crippen LogP) is 0.948. The molecule has 1 saturated heterocycles.